The van der Waals surface area contributed by atoms with Crippen LogP contribution in [0.1, 0.15) is 44.1 Å². The van der Waals surface area contributed by atoms with E-state index in [2.05, 4.69) is 0 Å². The Labute approximate surface area is 126 Å². The van der Waals surface area contributed by atoms with E-state index < -0.39 is 5.60 Å². The van der Waals surface area contributed by atoms with Gasteiger partial charge in [0.25, 0.3) is 0 Å². The first-order valence-corrected chi connectivity index (χ1v) is 8.20. The van der Waals surface area contributed by atoms with Crippen molar-refractivity contribution in [2.45, 2.75) is 49.7 Å². The number of hydrogen-bond donors (Lipinski definition) is 1. The Morgan fingerprint density at radius 3 is 2.65 bits per heavy atom. The van der Waals surface area contributed by atoms with Crippen molar-refractivity contribution in [3.8, 4) is 0 Å². The minimum Gasteiger partial charge on any atom is -0.385 e. The lowest BCUT2D eigenvalue weighted by Crippen LogP contribution is -2.50. The third-order valence-electron chi connectivity index (χ3n) is 5.18. The molecule has 0 radical (unpaired) electrons. The molecule has 0 aromatic heterocycles. The summed E-state index contributed by atoms with van der Waals surface area (Å²) in [5, 5.41) is 11.3. The largest absolute Gasteiger partial charge is 0.385 e. The summed E-state index contributed by atoms with van der Waals surface area (Å²) in [7, 11) is 0. The Kier molecular flexibility index (Phi) is 4.07. The second-order valence-electron chi connectivity index (χ2n) is 6.30. The van der Waals surface area contributed by atoms with Crippen molar-refractivity contribution >= 4 is 11.6 Å². The molecule has 3 rings (SSSR count). The number of hydrogen-bond acceptors (Lipinski definition) is 2. The Morgan fingerprint density at radius 1 is 1.30 bits per heavy atom. The van der Waals surface area contributed by atoms with Crippen LogP contribution in [0.5, 0.6) is 0 Å². The molecule has 1 aromatic rings. The van der Waals surface area contributed by atoms with Crippen LogP contribution in [0.2, 0.25) is 0 Å². The molecule has 1 spiro atoms. The zero-order valence-electron chi connectivity index (χ0n) is 11.9. The maximum absolute atomic E-state index is 11.3. The zero-order chi connectivity index (χ0) is 14.1. The van der Waals surface area contributed by atoms with Gasteiger partial charge in [-0.3, -0.25) is 0 Å². The minimum absolute atomic E-state index is 0.0536. The molecule has 2 aliphatic rings. The van der Waals surface area contributed by atoms with Crippen molar-refractivity contribution in [1.29, 1.82) is 0 Å². The van der Waals surface area contributed by atoms with E-state index in [-0.39, 0.29) is 11.5 Å². The predicted molar refractivity (Wildman–Crippen MR) is 80.9 cm³/mol. The quantitative estimate of drug-likeness (QED) is 0.855. The molecular formula is C17H23ClO2. The maximum Gasteiger partial charge on any atom is 0.0937 e. The van der Waals surface area contributed by atoms with Gasteiger partial charge in [0.05, 0.1) is 11.2 Å². The second kappa shape index (κ2) is 5.67. The van der Waals surface area contributed by atoms with Gasteiger partial charge in [0.15, 0.2) is 0 Å². The van der Waals surface area contributed by atoms with Crippen molar-refractivity contribution in [3.05, 3.63) is 35.9 Å². The summed E-state index contributed by atoms with van der Waals surface area (Å²) in [6.07, 6.45) is 6.05. The highest BCUT2D eigenvalue weighted by Gasteiger charge is 2.48. The molecule has 1 aromatic carbocycles. The van der Waals surface area contributed by atoms with E-state index >= 15 is 0 Å². The van der Waals surface area contributed by atoms with E-state index in [0.717, 1.165) is 37.9 Å². The van der Waals surface area contributed by atoms with Gasteiger partial charge in [0.2, 0.25) is 0 Å². The Hall–Kier alpha value is -0.570. The highest BCUT2D eigenvalue weighted by Crippen LogP contribution is 2.49. The molecule has 2 nitrogen and oxygen atoms in total. The molecule has 1 aliphatic carbocycles. The standard InChI is InChI=1S/C17H23ClO2/c18-11-10-17(19,14-5-2-1-3-6-14)15-7-12-20-16(13-15)8-4-9-16/h1-3,5-6,15,19H,4,7-13H2. The number of alkyl halides is 1. The Morgan fingerprint density at radius 2 is 2.05 bits per heavy atom. The third-order valence-corrected chi connectivity index (χ3v) is 5.37. The van der Waals surface area contributed by atoms with Gasteiger partial charge in [-0.05, 0) is 50.0 Å². The van der Waals surface area contributed by atoms with Crippen molar-refractivity contribution in [2.75, 3.05) is 12.5 Å². The summed E-state index contributed by atoms with van der Waals surface area (Å²) >= 11 is 5.98. The van der Waals surface area contributed by atoms with E-state index in [9.17, 15) is 5.11 Å². The Bertz CT molecular complexity index is 444. The molecule has 0 amide bonds. The number of benzene rings is 1. The molecule has 1 aliphatic heterocycles. The summed E-state index contributed by atoms with van der Waals surface area (Å²) in [4.78, 5) is 0. The van der Waals surface area contributed by atoms with E-state index in [1.54, 1.807) is 0 Å². The van der Waals surface area contributed by atoms with Gasteiger partial charge in [0.1, 0.15) is 0 Å². The fraction of sp³-hybridized carbons (Fsp3) is 0.647. The average Bonchev–Trinajstić information content (AvgIpc) is 2.47. The summed E-state index contributed by atoms with van der Waals surface area (Å²) < 4.78 is 6.00. The van der Waals surface area contributed by atoms with Gasteiger partial charge in [-0.15, -0.1) is 11.6 Å². The minimum atomic E-state index is -0.810. The predicted octanol–water partition coefficient (Wildman–Crippen LogP) is 3.85. The van der Waals surface area contributed by atoms with E-state index in [4.69, 9.17) is 16.3 Å². The fourth-order valence-corrected chi connectivity index (χ4v) is 4.10. The highest BCUT2D eigenvalue weighted by atomic mass is 35.5. The van der Waals surface area contributed by atoms with Crippen LogP contribution in [-0.4, -0.2) is 23.2 Å². The molecule has 2 fully saturated rings. The lowest BCUT2D eigenvalue weighted by Gasteiger charge is -2.51. The van der Waals surface area contributed by atoms with Crippen LogP contribution in [0.25, 0.3) is 0 Å². The summed E-state index contributed by atoms with van der Waals surface area (Å²) in [6.45, 7) is 0.766. The van der Waals surface area contributed by atoms with Crippen LogP contribution in [0.3, 0.4) is 0 Å². The molecule has 1 saturated carbocycles. The zero-order valence-corrected chi connectivity index (χ0v) is 12.6. The lowest BCUT2D eigenvalue weighted by atomic mass is 9.65. The molecule has 1 heterocycles. The van der Waals surface area contributed by atoms with Crippen LogP contribution in [0, 0.1) is 5.92 Å². The first-order chi connectivity index (χ1) is 9.69. The first-order valence-electron chi connectivity index (χ1n) is 7.66. The first kappa shape index (κ1) is 14.4. The SMILES string of the molecule is OC(CCCl)(c1ccccc1)C1CCOC2(CCC2)C1. The summed E-state index contributed by atoms with van der Waals surface area (Å²) in [5.74, 6) is 0.730. The monoisotopic (exact) mass is 294 g/mol. The molecule has 2 unspecified atom stereocenters. The molecule has 1 N–H and O–H groups in total. The van der Waals surface area contributed by atoms with Gasteiger partial charge < -0.3 is 9.84 Å². The van der Waals surface area contributed by atoms with Crippen LogP contribution < -0.4 is 0 Å². The fourth-order valence-electron chi connectivity index (χ4n) is 3.81. The summed E-state index contributed by atoms with van der Waals surface area (Å²) in [5.41, 5.74) is 0.245. The molecule has 3 heteroatoms. The van der Waals surface area contributed by atoms with Gasteiger partial charge >= 0.3 is 0 Å². The molecule has 2 atom stereocenters. The van der Waals surface area contributed by atoms with Crippen molar-refractivity contribution in [3.63, 3.8) is 0 Å². The average molecular weight is 295 g/mol. The topological polar surface area (TPSA) is 29.5 Å². The molecule has 110 valence electrons. The van der Waals surface area contributed by atoms with Crippen LogP contribution in [-0.2, 0) is 10.3 Å². The number of aliphatic hydroxyl groups is 1. The smallest absolute Gasteiger partial charge is 0.0937 e. The van der Waals surface area contributed by atoms with Crippen molar-refractivity contribution in [1.82, 2.24) is 0 Å². The van der Waals surface area contributed by atoms with Crippen LogP contribution >= 0.6 is 11.6 Å². The number of halogens is 1. The maximum atomic E-state index is 11.3. The normalized spacial score (nSPS) is 27.8. The van der Waals surface area contributed by atoms with E-state index in [1.807, 2.05) is 30.3 Å². The lowest BCUT2D eigenvalue weighted by molar-refractivity contribution is -0.178. The van der Waals surface area contributed by atoms with Gasteiger partial charge in [0, 0.05) is 12.5 Å². The summed E-state index contributed by atoms with van der Waals surface area (Å²) in [6, 6.07) is 10.0. The van der Waals surface area contributed by atoms with Crippen molar-refractivity contribution in [2.24, 2.45) is 5.92 Å². The van der Waals surface area contributed by atoms with Gasteiger partial charge in [-0.2, -0.15) is 0 Å². The highest BCUT2D eigenvalue weighted by molar-refractivity contribution is 6.17. The van der Waals surface area contributed by atoms with Gasteiger partial charge in [-0.25, -0.2) is 0 Å². The Balaban J connectivity index is 1.86. The van der Waals surface area contributed by atoms with E-state index in [0.29, 0.717) is 12.3 Å². The molecule has 20 heavy (non-hydrogen) atoms. The molecule has 1 saturated heterocycles. The second-order valence-corrected chi connectivity index (χ2v) is 6.68. The number of rotatable bonds is 4. The van der Waals surface area contributed by atoms with Crippen LogP contribution in [0.4, 0.5) is 0 Å². The molecule has 0 bridgehead atoms. The number of ether oxygens (including phenoxy) is 1. The van der Waals surface area contributed by atoms with E-state index in [1.165, 1.54) is 6.42 Å². The van der Waals surface area contributed by atoms with Crippen molar-refractivity contribution < 1.29 is 9.84 Å². The van der Waals surface area contributed by atoms with Gasteiger partial charge in [-0.1, -0.05) is 30.3 Å². The van der Waals surface area contributed by atoms with Crippen LogP contribution in [0.15, 0.2) is 30.3 Å². The molecular weight excluding hydrogens is 272 g/mol. The third kappa shape index (κ3) is 2.49.